The molecule has 0 saturated carbocycles. The van der Waals surface area contributed by atoms with E-state index in [0.29, 0.717) is 37.5 Å². The van der Waals surface area contributed by atoms with E-state index in [1.54, 1.807) is 11.0 Å². The smallest absolute Gasteiger partial charge is 0.368 e. The van der Waals surface area contributed by atoms with Gasteiger partial charge in [-0.1, -0.05) is 13.8 Å². The summed E-state index contributed by atoms with van der Waals surface area (Å²) in [5.41, 5.74) is 0.539. The summed E-state index contributed by atoms with van der Waals surface area (Å²) in [6.45, 7) is 5.01. The highest BCUT2D eigenvalue weighted by molar-refractivity contribution is 5.81. The molecule has 1 amide bonds. The number of ether oxygens (including phenoxy) is 1. The number of carbonyl (C=O) groups excluding carboxylic acids is 1. The van der Waals surface area contributed by atoms with Crippen molar-refractivity contribution in [2.75, 3.05) is 18.5 Å². The first-order valence-corrected chi connectivity index (χ1v) is 10.6. The number of nitrogens with one attached hydrogen (secondary N) is 1. The van der Waals surface area contributed by atoms with Crippen LogP contribution in [-0.2, 0) is 9.53 Å². The number of amides is 1. The summed E-state index contributed by atoms with van der Waals surface area (Å²) < 4.78 is 47.9. The zero-order valence-electron chi connectivity index (χ0n) is 16.9. The molecule has 3 aliphatic rings. The minimum atomic E-state index is -4.37. The lowest BCUT2D eigenvalue weighted by atomic mass is 9.94. The highest BCUT2D eigenvalue weighted by atomic mass is 19.4. The molecule has 162 valence electrons. The van der Waals surface area contributed by atoms with E-state index in [-0.39, 0.29) is 30.3 Å². The molecule has 1 N–H and O–H groups in total. The molecule has 0 aromatic carbocycles. The maximum atomic E-state index is 13.7. The molecule has 4 rings (SSSR count). The number of aromatic nitrogens is 2. The van der Waals surface area contributed by atoms with Crippen LogP contribution in [0, 0.1) is 5.92 Å². The van der Waals surface area contributed by atoms with Gasteiger partial charge in [0, 0.05) is 25.3 Å². The van der Waals surface area contributed by atoms with Crippen molar-refractivity contribution in [3.63, 3.8) is 0 Å². The van der Waals surface area contributed by atoms with Gasteiger partial charge in [0.25, 0.3) is 5.91 Å². The Balaban J connectivity index is 1.64. The minimum absolute atomic E-state index is 0.0431. The van der Waals surface area contributed by atoms with Crippen molar-refractivity contribution in [2.24, 2.45) is 5.92 Å². The monoisotopic (exact) mass is 414 g/mol. The van der Waals surface area contributed by atoms with Crippen LogP contribution in [-0.4, -0.2) is 52.1 Å². The number of hydrogen-bond donors (Lipinski definition) is 1. The molecule has 2 saturated heterocycles. The summed E-state index contributed by atoms with van der Waals surface area (Å²) in [5.74, 6) is 0.403. The topological polar surface area (TPSA) is 59.4 Å². The summed E-state index contributed by atoms with van der Waals surface area (Å²) in [7, 11) is 0. The van der Waals surface area contributed by atoms with Crippen molar-refractivity contribution in [2.45, 2.75) is 82.8 Å². The van der Waals surface area contributed by atoms with E-state index in [4.69, 9.17) is 4.74 Å². The Labute approximate surface area is 168 Å². The second-order valence-electron chi connectivity index (χ2n) is 8.73. The van der Waals surface area contributed by atoms with Crippen LogP contribution in [0.25, 0.3) is 0 Å². The Morgan fingerprint density at radius 1 is 1.28 bits per heavy atom. The fourth-order valence-corrected chi connectivity index (χ4v) is 4.68. The average molecular weight is 414 g/mol. The van der Waals surface area contributed by atoms with Crippen LogP contribution in [0.1, 0.15) is 70.2 Å². The summed E-state index contributed by atoms with van der Waals surface area (Å²) in [5, 5.41) is 7.60. The molecule has 4 heterocycles. The Morgan fingerprint density at radius 3 is 2.72 bits per heavy atom. The first-order chi connectivity index (χ1) is 13.8. The highest BCUT2D eigenvalue weighted by Crippen LogP contribution is 2.42. The molecule has 1 aromatic heterocycles. The van der Waals surface area contributed by atoms with E-state index in [9.17, 15) is 18.0 Å². The number of anilines is 1. The van der Waals surface area contributed by atoms with Crippen molar-refractivity contribution in [3.05, 3.63) is 11.8 Å². The van der Waals surface area contributed by atoms with E-state index < -0.39 is 18.3 Å². The summed E-state index contributed by atoms with van der Waals surface area (Å²) >= 11 is 0. The highest BCUT2D eigenvalue weighted by Gasteiger charge is 2.47. The van der Waals surface area contributed by atoms with Gasteiger partial charge in [0.15, 0.2) is 6.04 Å². The predicted octanol–water partition coefficient (Wildman–Crippen LogP) is 4.06. The van der Waals surface area contributed by atoms with Crippen molar-refractivity contribution in [1.29, 1.82) is 0 Å². The first kappa shape index (κ1) is 20.5. The Bertz CT molecular complexity index is 743. The number of piperidine rings is 1. The number of nitrogens with zero attached hydrogens (tertiary/aromatic N) is 3. The van der Waals surface area contributed by atoms with Crippen LogP contribution >= 0.6 is 0 Å². The van der Waals surface area contributed by atoms with Crippen molar-refractivity contribution >= 4 is 11.7 Å². The Hall–Kier alpha value is -1.77. The van der Waals surface area contributed by atoms with Crippen LogP contribution in [0.15, 0.2) is 6.07 Å². The molecule has 0 aliphatic carbocycles. The molecule has 0 unspecified atom stereocenters. The zero-order valence-corrected chi connectivity index (χ0v) is 16.9. The van der Waals surface area contributed by atoms with Crippen LogP contribution in [0.5, 0.6) is 0 Å². The lowest BCUT2D eigenvalue weighted by Gasteiger charge is -2.36. The molecule has 0 radical (unpaired) electrons. The number of hydrogen-bond acceptors (Lipinski definition) is 4. The fraction of sp³-hybridized carbons (Fsp3) is 0.800. The molecule has 4 atom stereocenters. The maximum Gasteiger partial charge on any atom is 0.410 e. The minimum Gasteiger partial charge on any atom is -0.368 e. The van der Waals surface area contributed by atoms with Gasteiger partial charge in [-0.3, -0.25) is 4.79 Å². The number of fused-ring (bicyclic) bond motifs is 1. The van der Waals surface area contributed by atoms with Crippen LogP contribution in [0.2, 0.25) is 0 Å². The third-order valence-electron chi connectivity index (χ3n) is 6.38. The van der Waals surface area contributed by atoms with E-state index >= 15 is 0 Å². The molecule has 9 heteroatoms. The van der Waals surface area contributed by atoms with Gasteiger partial charge in [0.2, 0.25) is 0 Å². The van der Waals surface area contributed by atoms with Gasteiger partial charge in [-0.15, -0.1) is 0 Å². The van der Waals surface area contributed by atoms with Crippen molar-refractivity contribution in [1.82, 2.24) is 14.7 Å². The number of rotatable bonds is 3. The SMILES string of the molecule is CC(C)[C@@H]1C[C@H](C(F)(F)F)n2nc([C@@H]3CCCCN3C(=O)[C@H]3CCCO3)cc2N1. The molecule has 6 nitrogen and oxygen atoms in total. The average Bonchev–Trinajstić information content (AvgIpc) is 3.35. The molecule has 1 aromatic rings. The molecular weight excluding hydrogens is 385 g/mol. The normalized spacial score (nSPS) is 30.3. The largest absolute Gasteiger partial charge is 0.410 e. The molecule has 29 heavy (non-hydrogen) atoms. The first-order valence-electron chi connectivity index (χ1n) is 10.6. The summed E-state index contributed by atoms with van der Waals surface area (Å²) in [6, 6.07) is -0.508. The Kier molecular flexibility index (Phi) is 5.52. The van der Waals surface area contributed by atoms with E-state index in [1.165, 1.54) is 0 Å². The molecule has 0 bridgehead atoms. The number of alkyl halides is 3. The van der Waals surface area contributed by atoms with Gasteiger partial charge in [-0.05, 0) is 44.4 Å². The standard InChI is InChI=1S/C20H29F3N4O2/c1-12(2)13-10-17(20(21,22)23)27-18(24-13)11-14(25-27)15-6-3-4-8-26(15)19(28)16-7-5-9-29-16/h11-13,15-17,24H,3-10H2,1-2H3/t13-,15-,16+,17+/m0/s1. The molecule has 2 fully saturated rings. The van der Waals surface area contributed by atoms with Gasteiger partial charge < -0.3 is 15.0 Å². The number of carbonyl (C=O) groups is 1. The van der Waals surface area contributed by atoms with Crippen LogP contribution in [0.4, 0.5) is 19.0 Å². The second kappa shape index (κ2) is 7.81. The maximum absolute atomic E-state index is 13.7. The Morgan fingerprint density at radius 2 is 2.07 bits per heavy atom. The summed E-state index contributed by atoms with van der Waals surface area (Å²) in [4.78, 5) is 14.7. The third kappa shape index (κ3) is 3.98. The van der Waals surface area contributed by atoms with Gasteiger partial charge >= 0.3 is 6.18 Å². The van der Waals surface area contributed by atoms with Crippen LogP contribution < -0.4 is 5.32 Å². The van der Waals surface area contributed by atoms with Crippen LogP contribution in [0.3, 0.4) is 0 Å². The zero-order chi connectivity index (χ0) is 20.8. The molecule has 0 spiro atoms. The van der Waals surface area contributed by atoms with E-state index in [0.717, 1.165) is 23.9 Å². The third-order valence-corrected chi connectivity index (χ3v) is 6.38. The quantitative estimate of drug-likeness (QED) is 0.810. The van der Waals surface area contributed by atoms with E-state index in [1.807, 2.05) is 13.8 Å². The molecular formula is C20H29F3N4O2. The van der Waals surface area contributed by atoms with Gasteiger partial charge in [0.1, 0.15) is 11.9 Å². The number of halogens is 3. The van der Waals surface area contributed by atoms with E-state index in [2.05, 4.69) is 10.4 Å². The lowest BCUT2D eigenvalue weighted by molar-refractivity contribution is -0.174. The van der Waals surface area contributed by atoms with Gasteiger partial charge in [-0.25, -0.2) is 4.68 Å². The van der Waals surface area contributed by atoms with Gasteiger partial charge in [-0.2, -0.15) is 18.3 Å². The van der Waals surface area contributed by atoms with Gasteiger partial charge in [0.05, 0.1) is 11.7 Å². The molecule has 3 aliphatic heterocycles. The second-order valence-corrected chi connectivity index (χ2v) is 8.73. The summed E-state index contributed by atoms with van der Waals surface area (Å²) in [6.07, 6.45) is -0.755. The number of likely N-dealkylation sites (tertiary alicyclic amines) is 1. The van der Waals surface area contributed by atoms with Crippen molar-refractivity contribution in [3.8, 4) is 0 Å². The predicted molar refractivity (Wildman–Crippen MR) is 101 cm³/mol. The lowest BCUT2D eigenvalue weighted by Crippen LogP contribution is -2.44. The van der Waals surface area contributed by atoms with Crippen molar-refractivity contribution < 1.29 is 22.7 Å². The fourth-order valence-electron chi connectivity index (χ4n) is 4.68.